The number of hydrogen-bond donors (Lipinski definition) is 5. The summed E-state index contributed by atoms with van der Waals surface area (Å²) in [7, 11) is -3.92. The maximum absolute atomic E-state index is 10.6. The van der Waals surface area contributed by atoms with Crippen molar-refractivity contribution in [2.75, 3.05) is 5.75 Å². The monoisotopic (exact) mass is 517 g/mol. The molecule has 1 heterocycles. The molecule has 0 fully saturated rings. The molecule has 180 valence electrons. The second-order valence-electron chi connectivity index (χ2n) is 5.95. The number of carbonyl (C=O) groups excluding carboxylic acids is 1. The number of nitrogens with zero attached hydrogens (tertiary/aromatic N) is 3. The molecule has 0 aliphatic heterocycles. The van der Waals surface area contributed by atoms with Gasteiger partial charge in [-0.25, -0.2) is 14.9 Å². The van der Waals surface area contributed by atoms with Gasteiger partial charge in [0, 0.05) is 30.2 Å². The van der Waals surface area contributed by atoms with Crippen LogP contribution in [0.5, 0.6) is 5.75 Å². The minimum absolute atomic E-state index is 0.0144. The van der Waals surface area contributed by atoms with E-state index >= 15 is 0 Å². The fraction of sp³-hybridized carbons (Fsp3) is 0.235. The molecule has 0 radical (unpaired) electrons. The molecule has 1 aromatic heterocycles. The fourth-order valence-electron chi connectivity index (χ4n) is 1.97. The summed E-state index contributed by atoms with van der Waals surface area (Å²) in [5.41, 5.74) is 16.7. The number of aliphatic imine (C=N–C) groups is 1. The molecule has 0 bridgehead atoms. The molecule has 0 saturated heterocycles. The normalized spacial score (nSPS) is 11.2. The van der Waals surface area contributed by atoms with Crippen LogP contribution in [0.2, 0.25) is 0 Å². The molecule has 0 amide bonds. The summed E-state index contributed by atoms with van der Waals surface area (Å²) in [6.45, 7) is 1.22. The third-order valence-corrected chi connectivity index (χ3v) is 5.40. The number of carbonyl (C=O) groups is 2. The van der Waals surface area contributed by atoms with Gasteiger partial charge in [-0.1, -0.05) is 12.1 Å². The topological polar surface area (TPSA) is 239 Å². The fourth-order valence-corrected chi connectivity index (χ4v) is 4.06. The number of thiazole rings is 1. The van der Waals surface area contributed by atoms with Gasteiger partial charge in [0.1, 0.15) is 17.1 Å². The number of carboxylic acids is 1. The lowest BCUT2D eigenvalue weighted by molar-refractivity contribution is -0.131. The first-order chi connectivity index (χ1) is 15.4. The van der Waals surface area contributed by atoms with Crippen LogP contribution in [0.25, 0.3) is 0 Å². The number of para-hydroxylation sites is 1. The molecule has 0 atom stereocenters. The second kappa shape index (κ2) is 13.4. The Morgan fingerprint density at radius 3 is 2.48 bits per heavy atom. The number of guanidine groups is 1. The lowest BCUT2D eigenvalue weighted by Gasteiger charge is -2.03. The summed E-state index contributed by atoms with van der Waals surface area (Å²) < 4.78 is 29.1. The highest BCUT2D eigenvalue weighted by Gasteiger charge is 2.11. The number of benzene rings is 1. The van der Waals surface area contributed by atoms with Gasteiger partial charge in [-0.2, -0.15) is 25.2 Å². The summed E-state index contributed by atoms with van der Waals surface area (Å²) >= 11 is 2.86. The van der Waals surface area contributed by atoms with Gasteiger partial charge in [0.25, 0.3) is 0 Å². The van der Waals surface area contributed by atoms with Crippen LogP contribution in [0.3, 0.4) is 0 Å². The van der Waals surface area contributed by atoms with E-state index in [2.05, 4.69) is 19.1 Å². The van der Waals surface area contributed by atoms with Crippen molar-refractivity contribution in [3.8, 4) is 5.75 Å². The van der Waals surface area contributed by atoms with E-state index in [4.69, 9.17) is 27.4 Å². The van der Waals surface area contributed by atoms with Crippen molar-refractivity contribution in [2.24, 2.45) is 31.7 Å². The summed E-state index contributed by atoms with van der Waals surface area (Å²) in [6, 6.07) is 5.98. The Kier molecular flexibility index (Phi) is 11.3. The number of ether oxygens (including phenoxy) is 1. The predicted octanol–water partition coefficient (Wildman–Crippen LogP) is 0.542. The van der Waals surface area contributed by atoms with E-state index in [0.29, 0.717) is 23.1 Å². The quantitative estimate of drug-likeness (QED) is 0.101. The standard InChI is InChI=1S/C9H8O4.C8H15N7O2S3/c1-6(10)13-8-5-3-2-4-7(8)9(11)12;9-6(15-20(12,16)17)1-2-18-3-5-4-19-8(13-5)14-7(10)11/h2-5H,1H3,(H,11,12);4H,1-3H2,(H2,9,15)(H2,12,16,17)(H4,10,11,13,14). The smallest absolute Gasteiger partial charge is 0.339 e. The summed E-state index contributed by atoms with van der Waals surface area (Å²) in [6.07, 6.45) is 0.325. The third kappa shape index (κ3) is 12.4. The first-order valence-corrected chi connectivity index (χ1v) is 12.4. The molecular formula is C17H23N7O6S3. The maximum Gasteiger partial charge on any atom is 0.339 e. The van der Waals surface area contributed by atoms with E-state index in [1.165, 1.54) is 42.2 Å². The van der Waals surface area contributed by atoms with E-state index < -0.39 is 22.1 Å². The molecule has 16 heteroatoms. The van der Waals surface area contributed by atoms with Crippen LogP contribution in [-0.2, 0) is 20.8 Å². The average Bonchev–Trinajstić information content (AvgIpc) is 3.10. The van der Waals surface area contributed by atoms with Crippen LogP contribution in [0.4, 0.5) is 5.13 Å². The van der Waals surface area contributed by atoms with Crippen molar-refractivity contribution in [1.29, 1.82) is 0 Å². The zero-order valence-electron chi connectivity index (χ0n) is 17.4. The molecule has 2 rings (SSSR count). The Morgan fingerprint density at radius 1 is 1.24 bits per heavy atom. The number of rotatable bonds is 9. The number of aromatic nitrogens is 1. The third-order valence-electron chi connectivity index (χ3n) is 3.13. The highest BCUT2D eigenvalue weighted by Crippen LogP contribution is 2.22. The molecular weight excluding hydrogens is 494 g/mol. The molecule has 0 aliphatic rings. The van der Waals surface area contributed by atoms with Gasteiger partial charge in [-0.3, -0.25) is 4.79 Å². The Labute approximate surface area is 198 Å². The minimum atomic E-state index is -3.92. The molecule has 13 nitrogen and oxygen atoms in total. The largest absolute Gasteiger partial charge is 0.478 e. The van der Waals surface area contributed by atoms with Crippen LogP contribution in [-0.4, -0.2) is 48.0 Å². The molecule has 9 N–H and O–H groups in total. The van der Waals surface area contributed by atoms with Crippen LogP contribution in [0.15, 0.2) is 39.0 Å². The first-order valence-electron chi connectivity index (χ1n) is 8.87. The zero-order chi connectivity index (χ0) is 25.0. The van der Waals surface area contributed by atoms with Crippen molar-refractivity contribution >= 4 is 62.2 Å². The average molecular weight is 518 g/mol. The summed E-state index contributed by atoms with van der Waals surface area (Å²) in [5.74, 6) is -0.392. The second-order valence-corrected chi connectivity index (χ2v) is 9.11. The van der Waals surface area contributed by atoms with E-state index in [9.17, 15) is 18.0 Å². The number of esters is 1. The van der Waals surface area contributed by atoms with E-state index in [1.54, 1.807) is 12.1 Å². The highest BCUT2D eigenvalue weighted by molar-refractivity contribution is 7.98. The minimum Gasteiger partial charge on any atom is -0.478 e. The lowest BCUT2D eigenvalue weighted by atomic mass is 10.2. The van der Waals surface area contributed by atoms with Crippen LogP contribution in [0.1, 0.15) is 29.4 Å². The number of carboxylic acid groups (broad SMARTS) is 1. The number of amidine groups is 1. The highest BCUT2D eigenvalue weighted by atomic mass is 32.2. The van der Waals surface area contributed by atoms with Crippen LogP contribution in [0, 0.1) is 0 Å². The van der Waals surface area contributed by atoms with Crippen molar-refractivity contribution in [1.82, 2.24) is 4.98 Å². The molecule has 0 saturated carbocycles. The van der Waals surface area contributed by atoms with Gasteiger partial charge in [0.05, 0.1) is 5.69 Å². The Morgan fingerprint density at radius 2 is 1.91 bits per heavy atom. The van der Waals surface area contributed by atoms with Gasteiger partial charge in [-0.15, -0.1) is 15.7 Å². The van der Waals surface area contributed by atoms with Crippen molar-refractivity contribution in [3.05, 3.63) is 40.9 Å². The van der Waals surface area contributed by atoms with Crippen molar-refractivity contribution in [3.63, 3.8) is 0 Å². The Bertz CT molecular complexity index is 1130. The number of nitrogens with two attached hydrogens (primary N) is 4. The van der Waals surface area contributed by atoms with Crippen LogP contribution < -0.4 is 27.1 Å². The summed E-state index contributed by atoms with van der Waals surface area (Å²) in [5, 5.41) is 15.8. The molecule has 0 aliphatic carbocycles. The number of aromatic carboxylic acids is 1. The van der Waals surface area contributed by atoms with E-state index in [0.717, 1.165) is 5.69 Å². The number of hydrogen-bond acceptors (Lipinski definition) is 9. The molecule has 0 unspecified atom stereocenters. The Hall–Kier alpha value is -3.21. The predicted molar refractivity (Wildman–Crippen MR) is 128 cm³/mol. The zero-order valence-corrected chi connectivity index (χ0v) is 19.8. The molecule has 2 aromatic rings. The van der Waals surface area contributed by atoms with Gasteiger partial charge < -0.3 is 27.0 Å². The van der Waals surface area contributed by atoms with Gasteiger partial charge in [0.15, 0.2) is 5.96 Å². The van der Waals surface area contributed by atoms with Crippen molar-refractivity contribution in [2.45, 2.75) is 19.1 Å². The maximum atomic E-state index is 10.6. The van der Waals surface area contributed by atoms with Gasteiger partial charge in [0.2, 0.25) is 5.13 Å². The van der Waals surface area contributed by atoms with E-state index in [1.807, 2.05) is 5.38 Å². The number of thioether (sulfide) groups is 1. The Balaban J connectivity index is 0.000000361. The van der Waals surface area contributed by atoms with Gasteiger partial charge in [-0.05, 0) is 12.1 Å². The van der Waals surface area contributed by atoms with Crippen molar-refractivity contribution < 1.29 is 27.9 Å². The SMILES string of the molecule is CC(=O)Oc1ccccc1C(=O)O.NC(N)=Nc1nc(CSCC/C(N)=N/S(N)(=O)=O)cs1. The molecule has 1 aromatic carbocycles. The lowest BCUT2D eigenvalue weighted by Crippen LogP contribution is -2.21. The van der Waals surface area contributed by atoms with Gasteiger partial charge >= 0.3 is 22.1 Å². The summed E-state index contributed by atoms with van der Waals surface area (Å²) in [4.78, 5) is 29.2. The molecule has 33 heavy (non-hydrogen) atoms. The molecule has 0 spiro atoms. The van der Waals surface area contributed by atoms with E-state index in [-0.39, 0.29) is 23.1 Å². The van der Waals surface area contributed by atoms with Crippen LogP contribution >= 0.6 is 23.1 Å². The first kappa shape index (κ1) is 27.8.